The van der Waals surface area contributed by atoms with Crippen molar-refractivity contribution in [3.63, 3.8) is 0 Å². The summed E-state index contributed by atoms with van der Waals surface area (Å²) in [6, 6.07) is 3.94. The van der Waals surface area contributed by atoms with Crippen molar-refractivity contribution in [1.82, 2.24) is 4.90 Å². The summed E-state index contributed by atoms with van der Waals surface area (Å²) >= 11 is 0. The van der Waals surface area contributed by atoms with Crippen LogP contribution in [0.4, 0.5) is 24.5 Å². The minimum Gasteiger partial charge on any atom is -0.397 e. The zero-order valence-corrected chi connectivity index (χ0v) is 12.5. The van der Waals surface area contributed by atoms with Crippen LogP contribution in [0.15, 0.2) is 18.2 Å². The standard InChI is InChI=1S/C15H22F3N3/c1-3-12-10-20(2)7-4-8-21(12)14-6-5-11(9-13(14)19)15(16,17)18/h5-6,9,12H,3-4,7-8,10,19H2,1-2H3. The highest BCUT2D eigenvalue weighted by Gasteiger charge is 2.32. The lowest BCUT2D eigenvalue weighted by molar-refractivity contribution is -0.137. The quantitative estimate of drug-likeness (QED) is 0.851. The number of nitrogens with two attached hydrogens (primary N) is 1. The monoisotopic (exact) mass is 301 g/mol. The van der Waals surface area contributed by atoms with E-state index >= 15 is 0 Å². The van der Waals surface area contributed by atoms with E-state index in [-0.39, 0.29) is 11.7 Å². The fraction of sp³-hybridized carbons (Fsp3) is 0.600. The molecule has 0 saturated carbocycles. The molecule has 1 unspecified atom stereocenters. The Bertz CT molecular complexity index is 488. The third-order valence-electron chi connectivity index (χ3n) is 4.04. The molecule has 0 radical (unpaired) electrons. The fourth-order valence-corrected chi connectivity index (χ4v) is 2.90. The van der Waals surface area contributed by atoms with Crippen molar-refractivity contribution < 1.29 is 13.2 Å². The molecule has 0 aliphatic carbocycles. The van der Waals surface area contributed by atoms with Gasteiger partial charge >= 0.3 is 6.18 Å². The van der Waals surface area contributed by atoms with E-state index in [9.17, 15) is 13.2 Å². The first-order valence-electron chi connectivity index (χ1n) is 7.24. The van der Waals surface area contributed by atoms with E-state index < -0.39 is 11.7 Å². The van der Waals surface area contributed by atoms with Crippen molar-refractivity contribution in [2.45, 2.75) is 32.0 Å². The van der Waals surface area contributed by atoms with Crippen LogP contribution in [-0.4, -0.2) is 37.6 Å². The zero-order valence-electron chi connectivity index (χ0n) is 12.5. The second kappa shape index (κ2) is 6.13. The number of hydrogen-bond acceptors (Lipinski definition) is 3. The summed E-state index contributed by atoms with van der Waals surface area (Å²) in [5.41, 5.74) is 6.12. The highest BCUT2D eigenvalue weighted by molar-refractivity contribution is 5.69. The van der Waals surface area contributed by atoms with Gasteiger partial charge in [-0.1, -0.05) is 6.92 Å². The molecule has 1 aliphatic rings. The molecule has 0 aromatic heterocycles. The van der Waals surface area contributed by atoms with E-state index in [2.05, 4.69) is 23.8 Å². The molecule has 0 amide bonds. The Morgan fingerprint density at radius 2 is 2.00 bits per heavy atom. The lowest BCUT2D eigenvalue weighted by Gasteiger charge is -2.33. The maximum Gasteiger partial charge on any atom is 0.416 e. The predicted molar refractivity (Wildman–Crippen MR) is 79.4 cm³/mol. The maximum absolute atomic E-state index is 12.7. The van der Waals surface area contributed by atoms with E-state index in [1.54, 1.807) is 0 Å². The summed E-state index contributed by atoms with van der Waals surface area (Å²) in [7, 11) is 2.07. The Hall–Kier alpha value is -1.43. The number of hydrogen-bond donors (Lipinski definition) is 1. The summed E-state index contributed by atoms with van der Waals surface area (Å²) in [5, 5.41) is 0. The maximum atomic E-state index is 12.7. The van der Waals surface area contributed by atoms with Gasteiger partial charge in [-0.25, -0.2) is 0 Å². The van der Waals surface area contributed by atoms with Gasteiger partial charge in [0.1, 0.15) is 0 Å². The summed E-state index contributed by atoms with van der Waals surface area (Å²) in [6.07, 6.45) is -2.44. The third kappa shape index (κ3) is 3.61. The molecule has 2 rings (SSSR count). The number of benzene rings is 1. The largest absolute Gasteiger partial charge is 0.416 e. The van der Waals surface area contributed by atoms with Crippen molar-refractivity contribution in [2.75, 3.05) is 37.3 Å². The molecule has 1 aromatic carbocycles. The molecule has 118 valence electrons. The molecular formula is C15H22F3N3. The van der Waals surface area contributed by atoms with Gasteiger partial charge in [-0.05, 0) is 44.6 Å². The smallest absolute Gasteiger partial charge is 0.397 e. The van der Waals surface area contributed by atoms with E-state index in [1.807, 2.05) is 0 Å². The molecule has 1 fully saturated rings. The summed E-state index contributed by atoms with van der Waals surface area (Å²) in [6.45, 7) is 4.81. The lowest BCUT2D eigenvalue weighted by atomic mass is 10.1. The van der Waals surface area contributed by atoms with Crippen molar-refractivity contribution in [3.05, 3.63) is 23.8 Å². The van der Waals surface area contributed by atoms with Crippen LogP contribution in [0, 0.1) is 0 Å². The first-order chi connectivity index (χ1) is 9.82. The number of alkyl halides is 3. The van der Waals surface area contributed by atoms with Crippen molar-refractivity contribution in [1.29, 1.82) is 0 Å². The van der Waals surface area contributed by atoms with Gasteiger partial charge in [-0.15, -0.1) is 0 Å². The van der Waals surface area contributed by atoms with Gasteiger partial charge in [0.2, 0.25) is 0 Å². The Morgan fingerprint density at radius 3 is 2.57 bits per heavy atom. The summed E-state index contributed by atoms with van der Waals surface area (Å²) in [5.74, 6) is 0. The molecule has 3 nitrogen and oxygen atoms in total. The van der Waals surface area contributed by atoms with Gasteiger partial charge in [0, 0.05) is 19.1 Å². The number of nitrogen functional groups attached to an aromatic ring is 1. The van der Waals surface area contributed by atoms with Crippen LogP contribution >= 0.6 is 0 Å². The second-order valence-corrected chi connectivity index (χ2v) is 5.64. The Balaban J connectivity index is 2.31. The predicted octanol–water partition coefficient (Wildman–Crippen LogP) is 3.21. The molecular weight excluding hydrogens is 279 g/mol. The van der Waals surface area contributed by atoms with Gasteiger partial charge in [0.05, 0.1) is 16.9 Å². The summed E-state index contributed by atoms with van der Waals surface area (Å²) < 4.78 is 38.2. The minimum absolute atomic E-state index is 0.202. The lowest BCUT2D eigenvalue weighted by Crippen LogP contribution is -2.40. The Morgan fingerprint density at radius 1 is 1.29 bits per heavy atom. The van der Waals surface area contributed by atoms with Gasteiger partial charge in [0.25, 0.3) is 0 Å². The molecule has 0 bridgehead atoms. The topological polar surface area (TPSA) is 32.5 Å². The molecule has 2 N–H and O–H groups in total. The van der Waals surface area contributed by atoms with Crippen LogP contribution in [0.1, 0.15) is 25.3 Å². The van der Waals surface area contributed by atoms with Crippen LogP contribution in [-0.2, 0) is 6.18 Å². The Labute approximate surface area is 123 Å². The fourth-order valence-electron chi connectivity index (χ4n) is 2.90. The van der Waals surface area contributed by atoms with Crippen molar-refractivity contribution >= 4 is 11.4 Å². The molecule has 1 saturated heterocycles. The number of halogens is 3. The number of anilines is 2. The molecule has 1 heterocycles. The first kappa shape index (κ1) is 15.9. The van der Waals surface area contributed by atoms with Gasteiger partial charge < -0.3 is 15.5 Å². The molecule has 1 atom stereocenters. The van der Waals surface area contributed by atoms with Gasteiger partial charge in [-0.3, -0.25) is 0 Å². The molecule has 1 aromatic rings. The van der Waals surface area contributed by atoms with Gasteiger partial charge in [-0.2, -0.15) is 13.2 Å². The average molecular weight is 301 g/mol. The van der Waals surface area contributed by atoms with Gasteiger partial charge in [0.15, 0.2) is 0 Å². The zero-order chi connectivity index (χ0) is 15.6. The number of nitrogens with zero attached hydrogens (tertiary/aromatic N) is 2. The second-order valence-electron chi connectivity index (χ2n) is 5.64. The highest BCUT2D eigenvalue weighted by atomic mass is 19.4. The molecule has 21 heavy (non-hydrogen) atoms. The van der Waals surface area contributed by atoms with E-state index in [0.717, 1.165) is 44.6 Å². The van der Waals surface area contributed by atoms with Crippen molar-refractivity contribution in [2.24, 2.45) is 0 Å². The third-order valence-corrected chi connectivity index (χ3v) is 4.04. The summed E-state index contributed by atoms with van der Waals surface area (Å²) in [4.78, 5) is 4.41. The highest BCUT2D eigenvalue weighted by Crippen LogP contribution is 2.35. The van der Waals surface area contributed by atoms with Crippen LogP contribution in [0.25, 0.3) is 0 Å². The van der Waals surface area contributed by atoms with Crippen LogP contribution in [0.3, 0.4) is 0 Å². The first-order valence-corrected chi connectivity index (χ1v) is 7.24. The number of rotatable bonds is 2. The SMILES string of the molecule is CCC1CN(C)CCCN1c1ccc(C(F)(F)F)cc1N. The average Bonchev–Trinajstić information content (AvgIpc) is 2.59. The van der Waals surface area contributed by atoms with Crippen LogP contribution in [0.5, 0.6) is 0 Å². The van der Waals surface area contributed by atoms with E-state index in [1.165, 1.54) is 6.07 Å². The van der Waals surface area contributed by atoms with E-state index in [4.69, 9.17) is 5.73 Å². The Kier molecular flexibility index (Phi) is 4.66. The molecule has 1 aliphatic heterocycles. The van der Waals surface area contributed by atoms with Crippen LogP contribution in [0.2, 0.25) is 0 Å². The van der Waals surface area contributed by atoms with Crippen LogP contribution < -0.4 is 10.6 Å². The molecule has 6 heteroatoms. The minimum atomic E-state index is -4.35. The molecule has 0 spiro atoms. The number of likely N-dealkylation sites (N-methyl/N-ethyl adjacent to an activating group) is 1. The van der Waals surface area contributed by atoms with Crippen molar-refractivity contribution in [3.8, 4) is 0 Å². The van der Waals surface area contributed by atoms with E-state index in [0.29, 0.717) is 5.69 Å². The normalized spacial score (nSPS) is 21.4.